The summed E-state index contributed by atoms with van der Waals surface area (Å²) in [6, 6.07) is 5.90. The van der Waals surface area contributed by atoms with E-state index in [1.165, 1.54) is 0 Å². The van der Waals surface area contributed by atoms with Crippen molar-refractivity contribution in [2.24, 2.45) is 0 Å². The van der Waals surface area contributed by atoms with Crippen LogP contribution in [0.4, 0.5) is 5.69 Å². The van der Waals surface area contributed by atoms with E-state index in [1.807, 2.05) is 24.3 Å². The predicted octanol–water partition coefficient (Wildman–Crippen LogP) is 2.95. The summed E-state index contributed by atoms with van der Waals surface area (Å²) in [5.41, 5.74) is 2.01. The van der Waals surface area contributed by atoms with Crippen LogP contribution in [0.2, 0.25) is 0 Å². The minimum atomic E-state index is 0.0657. The standard InChI is InChI=1S/C12H16BrNO/c1-3-7-14(4-2)12-8-11(13)6-5-10(12)9-15/h3,5-6,8,15H,1,4,7,9H2,2H3. The first-order chi connectivity index (χ1) is 7.22. The van der Waals surface area contributed by atoms with Crippen molar-refractivity contribution in [3.8, 4) is 0 Å². The van der Waals surface area contributed by atoms with Gasteiger partial charge in [-0.25, -0.2) is 0 Å². The molecule has 0 saturated heterocycles. The molecule has 15 heavy (non-hydrogen) atoms. The first kappa shape index (κ1) is 12.3. The molecule has 0 fully saturated rings. The maximum absolute atomic E-state index is 9.25. The molecule has 0 aliphatic heterocycles. The number of nitrogens with zero attached hydrogens (tertiary/aromatic N) is 1. The van der Waals surface area contributed by atoms with E-state index in [-0.39, 0.29) is 6.61 Å². The van der Waals surface area contributed by atoms with Crippen LogP contribution in [0.25, 0.3) is 0 Å². The molecule has 0 saturated carbocycles. The van der Waals surface area contributed by atoms with Gasteiger partial charge in [0.25, 0.3) is 0 Å². The molecule has 0 aliphatic carbocycles. The molecule has 0 bridgehead atoms. The zero-order valence-electron chi connectivity index (χ0n) is 8.91. The van der Waals surface area contributed by atoms with Gasteiger partial charge in [0.05, 0.1) is 6.61 Å². The second kappa shape index (κ2) is 5.93. The van der Waals surface area contributed by atoms with Gasteiger partial charge in [-0.05, 0) is 19.1 Å². The molecule has 0 radical (unpaired) electrons. The zero-order valence-corrected chi connectivity index (χ0v) is 10.5. The van der Waals surface area contributed by atoms with E-state index in [0.29, 0.717) is 0 Å². The van der Waals surface area contributed by atoms with Crippen molar-refractivity contribution < 1.29 is 5.11 Å². The van der Waals surface area contributed by atoms with Crippen LogP contribution in [0.1, 0.15) is 12.5 Å². The largest absolute Gasteiger partial charge is 0.392 e. The number of rotatable bonds is 5. The van der Waals surface area contributed by atoms with Crippen molar-refractivity contribution in [2.45, 2.75) is 13.5 Å². The molecule has 0 aromatic heterocycles. The lowest BCUT2D eigenvalue weighted by atomic mass is 10.1. The second-order valence-corrected chi connectivity index (χ2v) is 4.17. The summed E-state index contributed by atoms with van der Waals surface area (Å²) in [6.45, 7) is 7.58. The smallest absolute Gasteiger partial charge is 0.0702 e. The molecule has 0 heterocycles. The SMILES string of the molecule is C=CCN(CC)c1cc(Br)ccc1CO. The van der Waals surface area contributed by atoms with Gasteiger partial charge >= 0.3 is 0 Å². The summed E-state index contributed by atoms with van der Waals surface area (Å²) in [5, 5.41) is 9.25. The van der Waals surface area contributed by atoms with Crippen molar-refractivity contribution in [3.63, 3.8) is 0 Å². The first-order valence-electron chi connectivity index (χ1n) is 4.98. The Morgan fingerprint density at radius 2 is 2.27 bits per heavy atom. The van der Waals surface area contributed by atoms with Gasteiger partial charge in [0.2, 0.25) is 0 Å². The molecule has 1 rings (SSSR count). The lowest BCUT2D eigenvalue weighted by Gasteiger charge is -2.24. The molecular weight excluding hydrogens is 254 g/mol. The van der Waals surface area contributed by atoms with Crippen molar-refractivity contribution >= 4 is 21.6 Å². The van der Waals surface area contributed by atoms with Gasteiger partial charge in [-0.1, -0.05) is 28.1 Å². The quantitative estimate of drug-likeness (QED) is 0.831. The van der Waals surface area contributed by atoms with E-state index in [2.05, 4.69) is 34.3 Å². The molecular formula is C12H16BrNO. The minimum Gasteiger partial charge on any atom is -0.392 e. The highest BCUT2D eigenvalue weighted by Crippen LogP contribution is 2.25. The van der Waals surface area contributed by atoms with Crippen LogP contribution >= 0.6 is 15.9 Å². The van der Waals surface area contributed by atoms with Gasteiger partial charge in [-0.3, -0.25) is 0 Å². The van der Waals surface area contributed by atoms with E-state index in [9.17, 15) is 5.11 Å². The fourth-order valence-corrected chi connectivity index (χ4v) is 1.87. The van der Waals surface area contributed by atoms with Gasteiger partial charge in [-0.15, -0.1) is 6.58 Å². The van der Waals surface area contributed by atoms with Crippen molar-refractivity contribution in [3.05, 3.63) is 40.9 Å². The van der Waals surface area contributed by atoms with Gasteiger partial charge < -0.3 is 10.0 Å². The van der Waals surface area contributed by atoms with Crippen LogP contribution in [0.3, 0.4) is 0 Å². The van der Waals surface area contributed by atoms with Gasteiger partial charge in [0.1, 0.15) is 0 Å². The Morgan fingerprint density at radius 3 is 2.80 bits per heavy atom. The van der Waals surface area contributed by atoms with Crippen LogP contribution in [-0.2, 0) is 6.61 Å². The third-order valence-corrected chi connectivity index (χ3v) is 2.78. The lowest BCUT2D eigenvalue weighted by molar-refractivity contribution is 0.282. The number of aliphatic hydroxyl groups is 1. The second-order valence-electron chi connectivity index (χ2n) is 3.26. The average molecular weight is 270 g/mol. The Bertz CT molecular complexity index is 338. The number of halogens is 1. The monoisotopic (exact) mass is 269 g/mol. The number of hydrogen-bond donors (Lipinski definition) is 1. The molecule has 3 heteroatoms. The Balaban J connectivity index is 3.07. The Kier molecular flexibility index (Phi) is 4.85. The molecule has 82 valence electrons. The van der Waals surface area contributed by atoms with E-state index in [4.69, 9.17) is 0 Å². The van der Waals surface area contributed by atoms with E-state index < -0.39 is 0 Å². The molecule has 1 N–H and O–H groups in total. The normalized spacial score (nSPS) is 10.1. The van der Waals surface area contributed by atoms with Gasteiger partial charge in [0, 0.05) is 28.8 Å². The van der Waals surface area contributed by atoms with Gasteiger partial charge in [0.15, 0.2) is 0 Å². The van der Waals surface area contributed by atoms with Crippen molar-refractivity contribution in [2.75, 3.05) is 18.0 Å². The third kappa shape index (κ3) is 3.08. The summed E-state index contributed by atoms with van der Waals surface area (Å²) in [4.78, 5) is 2.17. The highest BCUT2D eigenvalue weighted by Gasteiger charge is 2.08. The average Bonchev–Trinajstić information content (AvgIpc) is 2.26. The van der Waals surface area contributed by atoms with Crippen LogP contribution in [0.15, 0.2) is 35.3 Å². The highest BCUT2D eigenvalue weighted by atomic mass is 79.9. The Labute approximate surface area is 99.4 Å². The zero-order chi connectivity index (χ0) is 11.3. The number of hydrogen-bond acceptors (Lipinski definition) is 2. The van der Waals surface area contributed by atoms with Crippen molar-refractivity contribution in [1.29, 1.82) is 0 Å². The summed E-state index contributed by atoms with van der Waals surface area (Å²) in [7, 11) is 0. The molecule has 1 aromatic carbocycles. The maximum Gasteiger partial charge on any atom is 0.0702 e. The molecule has 0 amide bonds. The number of aliphatic hydroxyl groups excluding tert-OH is 1. The summed E-state index contributed by atoms with van der Waals surface area (Å²) in [6.07, 6.45) is 1.87. The van der Waals surface area contributed by atoms with Crippen LogP contribution < -0.4 is 4.90 Å². The molecule has 0 spiro atoms. The molecule has 2 nitrogen and oxygen atoms in total. The van der Waals surface area contributed by atoms with E-state index in [1.54, 1.807) is 0 Å². The first-order valence-corrected chi connectivity index (χ1v) is 5.77. The maximum atomic E-state index is 9.25. The number of likely N-dealkylation sites (N-methyl/N-ethyl adjacent to an activating group) is 1. The fourth-order valence-electron chi connectivity index (χ4n) is 1.52. The van der Waals surface area contributed by atoms with Gasteiger partial charge in [-0.2, -0.15) is 0 Å². The molecule has 0 atom stereocenters. The molecule has 0 unspecified atom stereocenters. The topological polar surface area (TPSA) is 23.5 Å². The van der Waals surface area contributed by atoms with Crippen LogP contribution in [-0.4, -0.2) is 18.2 Å². The van der Waals surface area contributed by atoms with Crippen LogP contribution in [0, 0.1) is 0 Å². The fraction of sp³-hybridized carbons (Fsp3) is 0.333. The van der Waals surface area contributed by atoms with E-state index in [0.717, 1.165) is 28.8 Å². The third-order valence-electron chi connectivity index (χ3n) is 2.29. The number of benzene rings is 1. The molecule has 0 aliphatic rings. The van der Waals surface area contributed by atoms with Crippen LogP contribution in [0.5, 0.6) is 0 Å². The predicted molar refractivity (Wildman–Crippen MR) is 68.1 cm³/mol. The van der Waals surface area contributed by atoms with Crippen molar-refractivity contribution in [1.82, 2.24) is 0 Å². The van der Waals surface area contributed by atoms with E-state index >= 15 is 0 Å². The minimum absolute atomic E-state index is 0.0657. The summed E-state index contributed by atoms with van der Waals surface area (Å²) < 4.78 is 1.03. The highest BCUT2D eigenvalue weighted by molar-refractivity contribution is 9.10. The molecule has 1 aromatic rings. The summed E-state index contributed by atoms with van der Waals surface area (Å²) in [5.74, 6) is 0. The lowest BCUT2D eigenvalue weighted by Crippen LogP contribution is -2.23. The Morgan fingerprint density at radius 1 is 1.53 bits per heavy atom. The Hall–Kier alpha value is -0.800. The summed E-state index contributed by atoms with van der Waals surface area (Å²) >= 11 is 3.44. The number of anilines is 1.